The van der Waals surface area contributed by atoms with Crippen molar-refractivity contribution in [1.82, 2.24) is 0 Å². The fourth-order valence-electron chi connectivity index (χ4n) is 1.76. The van der Waals surface area contributed by atoms with Crippen LogP contribution in [0.1, 0.15) is 10.4 Å². The van der Waals surface area contributed by atoms with Crippen molar-refractivity contribution in [3.63, 3.8) is 0 Å². The summed E-state index contributed by atoms with van der Waals surface area (Å²) in [7, 11) is -3.55. The largest absolute Gasteiger partial charge is 0.506 e. The molecule has 0 atom stereocenters. The van der Waals surface area contributed by atoms with E-state index < -0.39 is 27.4 Å². The molecule has 0 aliphatic carbocycles. The zero-order valence-corrected chi connectivity index (χ0v) is 12.8. The minimum Gasteiger partial charge on any atom is -0.506 e. The number of hydrogen-bond acceptors (Lipinski definition) is 6. The number of sulfonamides is 1. The third kappa shape index (κ3) is 4.27. The molecule has 0 aliphatic heterocycles. The molecule has 9 heteroatoms. The van der Waals surface area contributed by atoms with E-state index in [4.69, 9.17) is 0 Å². The Hall–Kier alpha value is -2.94. The summed E-state index contributed by atoms with van der Waals surface area (Å²) >= 11 is 0. The van der Waals surface area contributed by atoms with Crippen molar-refractivity contribution in [1.29, 1.82) is 0 Å². The van der Waals surface area contributed by atoms with Gasteiger partial charge in [-0.25, -0.2) is 8.42 Å². The zero-order chi connectivity index (χ0) is 17.2. The summed E-state index contributed by atoms with van der Waals surface area (Å²) in [5, 5.41) is 30.8. The molecule has 0 radical (unpaired) electrons. The number of anilines is 2. The topological polar surface area (TPSA) is 136 Å². The van der Waals surface area contributed by atoms with Crippen LogP contribution in [0.4, 0.5) is 11.4 Å². The summed E-state index contributed by atoms with van der Waals surface area (Å²) in [6, 6.07) is 7.42. The predicted octanol–water partition coefficient (Wildman–Crippen LogP) is 1.43. The highest BCUT2D eigenvalue weighted by molar-refractivity contribution is 7.92. The Morgan fingerprint density at radius 2 is 1.65 bits per heavy atom. The van der Waals surface area contributed by atoms with Gasteiger partial charge in [-0.2, -0.15) is 0 Å². The summed E-state index contributed by atoms with van der Waals surface area (Å²) in [4.78, 5) is 12.1. The van der Waals surface area contributed by atoms with Gasteiger partial charge in [0, 0.05) is 17.3 Å². The molecule has 2 rings (SSSR count). The molecular formula is C14H14N2O6S. The molecular weight excluding hydrogens is 324 g/mol. The second-order valence-corrected chi connectivity index (χ2v) is 6.51. The van der Waals surface area contributed by atoms with Crippen LogP contribution >= 0.6 is 0 Å². The first-order chi connectivity index (χ1) is 10.7. The average molecular weight is 338 g/mol. The van der Waals surface area contributed by atoms with E-state index in [1.807, 2.05) is 0 Å². The summed E-state index contributed by atoms with van der Waals surface area (Å²) < 4.78 is 24.4. The van der Waals surface area contributed by atoms with Gasteiger partial charge in [0.15, 0.2) is 11.5 Å². The molecule has 2 aromatic carbocycles. The smallest absolute Gasteiger partial charge is 0.255 e. The highest BCUT2D eigenvalue weighted by Gasteiger charge is 2.12. The molecule has 0 aromatic heterocycles. The third-order valence-corrected chi connectivity index (χ3v) is 3.38. The number of amides is 1. The highest BCUT2D eigenvalue weighted by atomic mass is 32.2. The van der Waals surface area contributed by atoms with Crippen LogP contribution in [0.15, 0.2) is 36.4 Å². The highest BCUT2D eigenvalue weighted by Crippen LogP contribution is 2.28. The van der Waals surface area contributed by atoms with Gasteiger partial charge in [-0.05, 0) is 30.3 Å². The van der Waals surface area contributed by atoms with E-state index in [0.717, 1.165) is 18.4 Å². The molecule has 2 aromatic rings. The fourth-order valence-corrected chi connectivity index (χ4v) is 2.34. The van der Waals surface area contributed by atoms with E-state index in [9.17, 15) is 28.5 Å². The molecule has 0 saturated carbocycles. The Balaban J connectivity index is 2.19. The predicted molar refractivity (Wildman–Crippen MR) is 84.3 cm³/mol. The SMILES string of the molecule is CS(=O)(=O)Nc1ccc(C(=O)Nc2ccc(O)c(O)c2)cc1O. The van der Waals surface area contributed by atoms with Crippen LogP contribution < -0.4 is 10.0 Å². The van der Waals surface area contributed by atoms with Crippen LogP contribution in [0, 0.1) is 0 Å². The molecule has 0 spiro atoms. The lowest BCUT2D eigenvalue weighted by Gasteiger charge is -2.09. The molecule has 0 heterocycles. The van der Waals surface area contributed by atoms with Gasteiger partial charge in [0.25, 0.3) is 5.91 Å². The van der Waals surface area contributed by atoms with Gasteiger partial charge >= 0.3 is 0 Å². The molecule has 5 N–H and O–H groups in total. The molecule has 1 amide bonds. The van der Waals surface area contributed by atoms with E-state index in [0.29, 0.717) is 0 Å². The van der Waals surface area contributed by atoms with Crippen molar-refractivity contribution in [2.75, 3.05) is 16.3 Å². The van der Waals surface area contributed by atoms with Crippen LogP contribution in [0.25, 0.3) is 0 Å². The lowest BCUT2D eigenvalue weighted by atomic mass is 10.1. The maximum Gasteiger partial charge on any atom is 0.255 e. The van der Waals surface area contributed by atoms with Gasteiger partial charge in [0.05, 0.1) is 11.9 Å². The molecule has 23 heavy (non-hydrogen) atoms. The Kier molecular flexibility index (Phi) is 4.32. The number of phenolic OH excluding ortho intramolecular Hbond substituents is 3. The van der Waals surface area contributed by atoms with E-state index >= 15 is 0 Å². The zero-order valence-electron chi connectivity index (χ0n) is 11.9. The first-order valence-electron chi connectivity index (χ1n) is 6.30. The molecule has 0 fully saturated rings. The Bertz CT molecular complexity index is 864. The van der Waals surface area contributed by atoms with E-state index in [1.54, 1.807) is 0 Å². The van der Waals surface area contributed by atoms with Crippen LogP contribution in [0.5, 0.6) is 17.2 Å². The summed E-state index contributed by atoms with van der Waals surface area (Å²) in [5.41, 5.74) is 0.267. The Labute approximate surface area is 132 Å². The Morgan fingerprint density at radius 1 is 0.957 bits per heavy atom. The van der Waals surface area contributed by atoms with Crippen molar-refractivity contribution in [2.45, 2.75) is 0 Å². The first kappa shape index (κ1) is 16.4. The van der Waals surface area contributed by atoms with Crippen LogP contribution in [-0.4, -0.2) is 35.9 Å². The van der Waals surface area contributed by atoms with Gasteiger partial charge in [0.1, 0.15) is 5.75 Å². The number of aromatic hydroxyl groups is 3. The standard InChI is InChI=1S/C14H14N2O6S/c1-23(21,22)16-10-4-2-8(6-12(10)18)14(20)15-9-3-5-11(17)13(19)7-9/h2-7,16-19H,1H3,(H,15,20). The first-order valence-corrected chi connectivity index (χ1v) is 8.19. The van der Waals surface area contributed by atoms with Crippen molar-refractivity contribution in [2.24, 2.45) is 0 Å². The van der Waals surface area contributed by atoms with Crippen LogP contribution in [0.3, 0.4) is 0 Å². The number of carbonyl (C=O) groups is 1. The second-order valence-electron chi connectivity index (χ2n) is 4.76. The number of rotatable bonds is 4. The number of hydrogen-bond donors (Lipinski definition) is 5. The summed E-state index contributed by atoms with van der Waals surface area (Å²) in [5.74, 6) is -1.71. The van der Waals surface area contributed by atoms with E-state index in [1.165, 1.54) is 24.3 Å². The maximum atomic E-state index is 12.1. The van der Waals surface area contributed by atoms with Crippen molar-refractivity contribution < 1.29 is 28.5 Å². The number of phenols is 3. The number of nitrogens with one attached hydrogen (secondary N) is 2. The van der Waals surface area contributed by atoms with Crippen LogP contribution in [-0.2, 0) is 10.0 Å². The van der Waals surface area contributed by atoms with E-state index in [-0.39, 0.29) is 22.7 Å². The lowest BCUT2D eigenvalue weighted by molar-refractivity contribution is 0.102. The fraction of sp³-hybridized carbons (Fsp3) is 0.0714. The minimum atomic E-state index is -3.55. The van der Waals surface area contributed by atoms with Crippen molar-refractivity contribution >= 4 is 27.3 Å². The van der Waals surface area contributed by atoms with Crippen LogP contribution in [0.2, 0.25) is 0 Å². The molecule has 0 bridgehead atoms. The monoisotopic (exact) mass is 338 g/mol. The minimum absolute atomic E-state index is 0.0497. The normalized spacial score (nSPS) is 11.0. The number of carbonyl (C=O) groups excluding carboxylic acids is 1. The quantitative estimate of drug-likeness (QED) is 0.422. The third-order valence-electron chi connectivity index (χ3n) is 2.79. The van der Waals surface area contributed by atoms with Gasteiger partial charge in [0.2, 0.25) is 10.0 Å². The van der Waals surface area contributed by atoms with Crippen molar-refractivity contribution in [3.8, 4) is 17.2 Å². The van der Waals surface area contributed by atoms with Gasteiger partial charge in [-0.1, -0.05) is 0 Å². The molecule has 122 valence electrons. The molecule has 0 unspecified atom stereocenters. The summed E-state index contributed by atoms with van der Waals surface area (Å²) in [6.07, 6.45) is 0.935. The molecule has 8 nitrogen and oxygen atoms in total. The second kappa shape index (κ2) is 6.05. The maximum absolute atomic E-state index is 12.1. The van der Waals surface area contributed by atoms with Gasteiger partial charge in [-0.3, -0.25) is 9.52 Å². The Morgan fingerprint density at radius 3 is 2.22 bits per heavy atom. The average Bonchev–Trinajstić information content (AvgIpc) is 2.43. The van der Waals surface area contributed by atoms with E-state index in [2.05, 4.69) is 10.0 Å². The van der Waals surface area contributed by atoms with Gasteiger partial charge in [-0.15, -0.1) is 0 Å². The number of benzene rings is 2. The lowest BCUT2D eigenvalue weighted by Crippen LogP contribution is -2.13. The van der Waals surface area contributed by atoms with Crippen molar-refractivity contribution in [3.05, 3.63) is 42.0 Å². The van der Waals surface area contributed by atoms with Gasteiger partial charge < -0.3 is 20.6 Å². The summed E-state index contributed by atoms with van der Waals surface area (Å²) in [6.45, 7) is 0. The molecule has 0 aliphatic rings. The molecule has 0 saturated heterocycles.